The molecule has 0 unspecified atom stereocenters. The highest BCUT2D eigenvalue weighted by Gasteiger charge is 2.32. The Labute approximate surface area is 108 Å². The molecule has 0 aliphatic heterocycles. The minimum atomic E-state index is -4.53. The van der Waals surface area contributed by atoms with E-state index in [2.05, 4.69) is 0 Å². The number of alkyl halides is 3. The van der Waals surface area contributed by atoms with Gasteiger partial charge in [0.2, 0.25) is 0 Å². The molecule has 1 aliphatic rings. The van der Waals surface area contributed by atoms with Crippen LogP contribution in [0.3, 0.4) is 0 Å². The Kier molecular flexibility index (Phi) is 3.43. The predicted molar refractivity (Wildman–Crippen MR) is 64.4 cm³/mol. The van der Waals surface area contributed by atoms with Crippen molar-refractivity contribution < 1.29 is 23.1 Å². The van der Waals surface area contributed by atoms with Crippen LogP contribution >= 0.6 is 0 Å². The fraction of sp³-hybridized carbons (Fsp3) is 0.462. The molecule has 1 N–H and O–H groups in total. The lowest BCUT2D eigenvalue weighted by Gasteiger charge is -2.22. The Morgan fingerprint density at radius 2 is 2.05 bits per heavy atom. The maximum absolute atomic E-state index is 12.6. The molecule has 0 spiro atoms. The molecule has 1 aliphatic carbocycles. The average molecular weight is 273 g/mol. The second kappa shape index (κ2) is 4.75. The molecule has 0 heterocycles. The Bertz CT molecular complexity index is 495. The lowest BCUT2D eigenvalue weighted by Crippen LogP contribution is -2.23. The summed E-state index contributed by atoms with van der Waals surface area (Å²) in [7, 11) is 1.70. The van der Waals surface area contributed by atoms with Crippen molar-refractivity contribution in [1.29, 1.82) is 0 Å². The number of halogens is 3. The van der Waals surface area contributed by atoms with E-state index in [0.717, 1.165) is 18.9 Å². The van der Waals surface area contributed by atoms with Crippen molar-refractivity contribution in [3.63, 3.8) is 0 Å². The molecule has 2 rings (SSSR count). The molecule has 104 valence electrons. The minimum Gasteiger partial charge on any atom is -0.478 e. The molecule has 1 aromatic carbocycles. The summed E-state index contributed by atoms with van der Waals surface area (Å²) >= 11 is 0. The standard InChI is InChI=1S/C13H14F3NO2/c1-17(7-8-2-3-8)11-5-4-9(13(14,15)16)6-10(11)12(18)19/h4-6,8H,2-3,7H2,1H3,(H,18,19). The summed E-state index contributed by atoms with van der Waals surface area (Å²) < 4.78 is 37.7. The number of hydrogen-bond donors (Lipinski definition) is 1. The molecule has 1 fully saturated rings. The molecule has 19 heavy (non-hydrogen) atoms. The van der Waals surface area contributed by atoms with Gasteiger partial charge in [-0.25, -0.2) is 4.79 Å². The number of rotatable bonds is 4. The van der Waals surface area contributed by atoms with Gasteiger partial charge in [0.25, 0.3) is 0 Å². The monoisotopic (exact) mass is 273 g/mol. The van der Waals surface area contributed by atoms with Gasteiger partial charge < -0.3 is 10.0 Å². The summed E-state index contributed by atoms with van der Waals surface area (Å²) in [6.45, 7) is 0.672. The molecule has 1 saturated carbocycles. The second-order valence-electron chi connectivity index (χ2n) is 4.86. The van der Waals surface area contributed by atoms with Crippen LogP contribution in [0.5, 0.6) is 0 Å². The number of aromatic carboxylic acids is 1. The van der Waals surface area contributed by atoms with Crippen LogP contribution in [-0.2, 0) is 6.18 Å². The van der Waals surface area contributed by atoms with Crippen molar-refractivity contribution in [2.24, 2.45) is 5.92 Å². The van der Waals surface area contributed by atoms with Gasteiger partial charge in [0, 0.05) is 13.6 Å². The quantitative estimate of drug-likeness (QED) is 0.915. The Morgan fingerprint density at radius 1 is 1.42 bits per heavy atom. The Balaban J connectivity index is 2.34. The average Bonchev–Trinajstić information content (AvgIpc) is 3.10. The van der Waals surface area contributed by atoms with Crippen molar-refractivity contribution in [2.75, 3.05) is 18.5 Å². The molecule has 0 amide bonds. The molecule has 0 radical (unpaired) electrons. The zero-order chi connectivity index (χ0) is 14.2. The lowest BCUT2D eigenvalue weighted by molar-refractivity contribution is -0.137. The number of benzene rings is 1. The summed E-state index contributed by atoms with van der Waals surface area (Å²) in [4.78, 5) is 12.8. The molecule has 6 heteroatoms. The third-order valence-corrected chi connectivity index (χ3v) is 3.19. The van der Waals surface area contributed by atoms with Crippen LogP contribution in [0.25, 0.3) is 0 Å². The normalized spacial score (nSPS) is 15.4. The Morgan fingerprint density at radius 3 is 2.53 bits per heavy atom. The van der Waals surface area contributed by atoms with Gasteiger partial charge in [-0.3, -0.25) is 0 Å². The fourth-order valence-corrected chi connectivity index (χ4v) is 2.00. The summed E-state index contributed by atoms with van der Waals surface area (Å²) in [6.07, 6.45) is -2.35. The van der Waals surface area contributed by atoms with Gasteiger partial charge in [-0.2, -0.15) is 13.2 Å². The van der Waals surface area contributed by atoms with Crippen molar-refractivity contribution in [3.05, 3.63) is 29.3 Å². The molecule has 3 nitrogen and oxygen atoms in total. The van der Waals surface area contributed by atoms with Gasteiger partial charge in [0.05, 0.1) is 16.8 Å². The first-order valence-corrected chi connectivity index (χ1v) is 5.94. The molecular weight excluding hydrogens is 259 g/mol. The van der Waals surface area contributed by atoms with E-state index >= 15 is 0 Å². The third kappa shape index (κ3) is 3.19. The van der Waals surface area contributed by atoms with Crippen LogP contribution in [0.4, 0.5) is 18.9 Å². The van der Waals surface area contributed by atoms with Gasteiger partial charge in [-0.05, 0) is 37.0 Å². The zero-order valence-electron chi connectivity index (χ0n) is 10.4. The van der Waals surface area contributed by atoms with E-state index in [9.17, 15) is 18.0 Å². The number of carbonyl (C=O) groups is 1. The number of carboxylic acid groups (broad SMARTS) is 1. The highest BCUT2D eigenvalue weighted by Crippen LogP contribution is 2.35. The predicted octanol–water partition coefficient (Wildman–Crippen LogP) is 3.25. The van der Waals surface area contributed by atoms with E-state index in [1.54, 1.807) is 11.9 Å². The van der Waals surface area contributed by atoms with Crippen molar-refractivity contribution in [1.82, 2.24) is 0 Å². The second-order valence-corrected chi connectivity index (χ2v) is 4.86. The van der Waals surface area contributed by atoms with E-state index < -0.39 is 17.7 Å². The fourth-order valence-electron chi connectivity index (χ4n) is 2.00. The van der Waals surface area contributed by atoms with E-state index in [0.29, 0.717) is 24.2 Å². The highest BCUT2D eigenvalue weighted by molar-refractivity contribution is 5.94. The van der Waals surface area contributed by atoms with E-state index in [1.165, 1.54) is 6.07 Å². The maximum Gasteiger partial charge on any atom is 0.416 e. The molecule has 0 aromatic heterocycles. The number of nitrogens with zero attached hydrogens (tertiary/aromatic N) is 1. The van der Waals surface area contributed by atoms with E-state index in [-0.39, 0.29) is 5.56 Å². The van der Waals surface area contributed by atoms with Crippen LogP contribution in [-0.4, -0.2) is 24.7 Å². The van der Waals surface area contributed by atoms with E-state index in [4.69, 9.17) is 5.11 Å². The van der Waals surface area contributed by atoms with Gasteiger partial charge in [-0.15, -0.1) is 0 Å². The van der Waals surface area contributed by atoms with Crippen molar-refractivity contribution >= 4 is 11.7 Å². The third-order valence-electron chi connectivity index (χ3n) is 3.19. The van der Waals surface area contributed by atoms with Crippen LogP contribution in [0, 0.1) is 5.92 Å². The number of carboxylic acids is 1. The first kappa shape index (κ1) is 13.7. The van der Waals surface area contributed by atoms with Crippen LogP contribution in [0.1, 0.15) is 28.8 Å². The summed E-state index contributed by atoms with van der Waals surface area (Å²) in [5.41, 5.74) is -0.918. The summed E-state index contributed by atoms with van der Waals surface area (Å²) in [5, 5.41) is 9.06. The molecule has 0 atom stereocenters. The number of anilines is 1. The van der Waals surface area contributed by atoms with Gasteiger partial charge in [0.1, 0.15) is 0 Å². The van der Waals surface area contributed by atoms with Gasteiger partial charge in [0.15, 0.2) is 0 Å². The molecule has 0 saturated heterocycles. The van der Waals surface area contributed by atoms with Gasteiger partial charge >= 0.3 is 12.1 Å². The van der Waals surface area contributed by atoms with Crippen LogP contribution in [0.15, 0.2) is 18.2 Å². The van der Waals surface area contributed by atoms with Crippen LogP contribution in [0.2, 0.25) is 0 Å². The Hall–Kier alpha value is -1.72. The maximum atomic E-state index is 12.6. The molecule has 0 bridgehead atoms. The minimum absolute atomic E-state index is 0.307. The van der Waals surface area contributed by atoms with E-state index in [1.807, 2.05) is 0 Å². The topological polar surface area (TPSA) is 40.5 Å². The lowest BCUT2D eigenvalue weighted by atomic mass is 10.1. The molecule has 1 aromatic rings. The van der Waals surface area contributed by atoms with Crippen molar-refractivity contribution in [3.8, 4) is 0 Å². The zero-order valence-corrected chi connectivity index (χ0v) is 10.4. The van der Waals surface area contributed by atoms with Crippen molar-refractivity contribution in [2.45, 2.75) is 19.0 Å². The van der Waals surface area contributed by atoms with Crippen LogP contribution < -0.4 is 4.90 Å². The highest BCUT2D eigenvalue weighted by atomic mass is 19.4. The molecular formula is C13H14F3NO2. The largest absolute Gasteiger partial charge is 0.478 e. The summed E-state index contributed by atoms with van der Waals surface area (Å²) in [5.74, 6) is -0.822. The first-order valence-electron chi connectivity index (χ1n) is 5.94. The first-order chi connectivity index (χ1) is 8.79. The smallest absolute Gasteiger partial charge is 0.416 e. The number of hydrogen-bond acceptors (Lipinski definition) is 2. The SMILES string of the molecule is CN(CC1CC1)c1ccc(C(F)(F)F)cc1C(=O)O. The summed E-state index contributed by atoms with van der Waals surface area (Å²) in [6, 6.07) is 2.85. The van der Waals surface area contributed by atoms with Gasteiger partial charge in [-0.1, -0.05) is 0 Å².